The van der Waals surface area contributed by atoms with Crippen molar-refractivity contribution in [3.8, 4) is 5.75 Å². The summed E-state index contributed by atoms with van der Waals surface area (Å²) in [4.78, 5) is 24.9. The van der Waals surface area contributed by atoms with Crippen LogP contribution in [0.4, 0.5) is 0 Å². The summed E-state index contributed by atoms with van der Waals surface area (Å²) < 4.78 is 5.49. The molecule has 0 saturated heterocycles. The lowest BCUT2D eigenvalue weighted by Gasteiger charge is -2.28. The summed E-state index contributed by atoms with van der Waals surface area (Å²) in [6.45, 7) is 0.273. The van der Waals surface area contributed by atoms with Gasteiger partial charge in [0.2, 0.25) is 11.8 Å². The number of carbonyl (C=O) groups excluding carboxylic acids is 2. The highest BCUT2D eigenvalue weighted by Gasteiger charge is 2.41. The first kappa shape index (κ1) is 16.3. The fourth-order valence-electron chi connectivity index (χ4n) is 2.83. The van der Waals surface area contributed by atoms with Crippen LogP contribution in [0.3, 0.4) is 0 Å². The monoisotopic (exact) mass is 306 g/mol. The maximum absolute atomic E-state index is 12.2. The fraction of sp³-hybridized carbons (Fsp3) is 0.500. The zero-order valence-electron chi connectivity index (χ0n) is 12.6. The van der Waals surface area contributed by atoms with Gasteiger partial charge in [0.1, 0.15) is 5.75 Å². The van der Waals surface area contributed by atoms with Gasteiger partial charge in [-0.3, -0.25) is 9.59 Å². The first-order valence-electron chi connectivity index (χ1n) is 7.41. The summed E-state index contributed by atoms with van der Waals surface area (Å²) in [7, 11) is 1.64. The van der Waals surface area contributed by atoms with E-state index in [-0.39, 0.29) is 25.0 Å². The van der Waals surface area contributed by atoms with Crippen molar-refractivity contribution in [2.45, 2.75) is 31.4 Å². The number of para-hydroxylation sites is 1. The van der Waals surface area contributed by atoms with Gasteiger partial charge < -0.3 is 20.5 Å². The van der Waals surface area contributed by atoms with Crippen LogP contribution in [0.25, 0.3) is 0 Å². The van der Waals surface area contributed by atoms with Crippen LogP contribution in [-0.2, 0) is 9.59 Å². The Morgan fingerprint density at radius 2 is 2.00 bits per heavy atom. The van der Waals surface area contributed by atoms with Crippen molar-refractivity contribution >= 4 is 11.8 Å². The van der Waals surface area contributed by atoms with Gasteiger partial charge in [-0.05, 0) is 25.0 Å². The van der Waals surface area contributed by atoms with E-state index in [1.54, 1.807) is 7.05 Å². The Bertz CT molecular complexity index is 520. The second kappa shape index (κ2) is 7.26. The highest BCUT2D eigenvalue weighted by atomic mass is 16.5. The fourth-order valence-corrected chi connectivity index (χ4v) is 2.83. The van der Waals surface area contributed by atoms with Crippen LogP contribution in [0.1, 0.15) is 19.3 Å². The van der Waals surface area contributed by atoms with Crippen LogP contribution in [0, 0.1) is 5.92 Å². The van der Waals surface area contributed by atoms with Gasteiger partial charge in [0.25, 0.3) is 0 Å². The molecule has 1 aliphatic carbocycles. The molecular weight excluding hydrogens is 284 g/mol. The number of primary amides is 1. The highest BCUT2D eigenvalue weighted by molar-refractivity contribution is 5.79. The molecule has 3 atom stereocenters. The quantitative estimate of drug-likeness (QED) is 0.802. The van der Waals surface area contributed by atoms with Crippen molar-refractivity contribution in [1.29, 1.82) is 0 Å². The molecule has 1 aromatic rings. The summed E-state index contributed by atoms with van der Waals surface area (Å²) in [6, 6.07) is 8.91. The molecule has 120 valence electrons. The van der Waals surface area contributed by atoms with E-state index >= 15 is 0 Å². The Kier molecular flexibility index (Phi) is 5.38. The molecule has 0 unspecified atom stereocenters. The number of amides is 2. The van der Waals surface area contributed by atoms with Crippen LogP contribution in [0.2, 0.25) is 0 Å². The molecule has 6 nitrogen and oxygen atoms in total. The van der Waals surface area contributed by atoms with Gasteiger partial charge in [0.15, 0.2) is 0 Å². The Labute approximate surface area is 129 Å². The lowest BCUT2D eigenvalue weighted by Crippen LogP contribution is -2.45. The molecule has 0 bridgehead atoms. The van der Waals surface area contributed by atoms with Crippen molar-refractivity contribution in [3.63, 3.8) is 0 Å². The zero-order valence-corrected chi connectivity index (χ0v) is 12.6. The minimum atomic E-state index is -0.888. The predicted octanol–water partition coefficient (Wildman–Crippen LogP) is 0.539. The maximum atomic E-state index is 12.2. The SMILES string of the molecule is CN(C(=O)CCOc1ccccc1)[C@@H]1CC[C@@H](C(N)=O)[C@@H]1O. The van der Waals surface area contributed by atoms with Crippen molar-refractivity contribution in [2.24, 2.45) is 11.7 Å². The minimum absolute atomic E-state index is 0.120. The number of likely N-dealkylation sites (N-methyl/N-ethyl adjacent to an activating group) is 1. The Morgan fingerprint density at radius 3 is 2.59 bits per heavy atom. The molecule has 0 aromatic heterocycles. The third-order valence-corrected chi connectivity index (χ3v) is 4.16. The Hall–Kier alpha value is -2.08. The second-order valence-corrected chi connectivity index (χ2v) is 5.56. The van der Waals surface area contributed by atoms with E-state index in [9.17, 15) is 14.7 Å². The molecule has 6 heteroatoms. The predicted molar refractivity (Wildman–Crippen MR) is 81.0 cm³/mol. The van der Waals surface area contributed by atoms with Gasteiger partial charge in [0, 0.05) is 7.05 Å². The number of hydrogen-bond donors (Lipinski definition) is 2. The van der Waals surface area contributed by atoms with Crippen molar-refractivity contribution < 1.29 is 19.4 Å². The average molecular weight is 306 g/mol. The van der Waals surface area contributed by atoms with E-state index in [0.717, 1.165) is 0 Å². The molecule has 0 radical (unpaired) electrons. The number of ether oxygens (including phenoxy) is 1. The maximum Gasteiger partial charge on any atom is 0.226 e. The molecule has 2 rings (SSSR count). The van der Waals surface area contributed by atoms with E-state index in [0.29, 0.717) is 18.6 Å². The van der Waals surface area contributed by atoms with Crippen LogP contribution in [0.5, 0.6) is 5.75 Å². The molecule has 0 aliphatic heterocycles. The molecule has 22 heavy (non-hydrogen) atoms. The number of aliphatic hydroxyl groups is 1. The largest absolute Gasteiger partial charge is 0.493 e. The minimum Gasteiger partial charge on any atom is -0.493 e. The third kappa shape index (κ3) is 3.76. The van der Waals surface area contributed by atoms with Crippen LogP contribution in [0.15, 0.2) is 30.3 Å². The Morgan fingerprint density at radius 1 is 1.32 bits per heavy atom. The van der Waals surface area contributed by atoms with Crippen molar-refractivity contribution in [3.05, 3.63) is 30.3 Å². The molecule has 0 heterocycles. The van der Waals surface area contributed by atoms with E-state index in [4.69, 9.17) is 10.5 Å². The van der Waals surface area contributed by atoms with Gasteiger partial charge in [-0.25, -0.2) is 0 Å². The summed E-state index contributed by atoms with van der Waals surface area (Å²) in [5.41, 5.74) is 5.25. The zero-order chi connectivity index (χ0) is 16.1. The summed E-state index contributed by atoms with van der Waals surface area (Å²) in [6.07, 6.45) is 0.424. The molecule has 1 aromatic carbocycles. The average Bonchev–Trinajstić information content (AvgIpc) is 2.89. The van der Waals surface area contributed by atoms with E-state index in [2.05, 4.69) is 0 Å². The smallest absolute Gasteiger partial charge is 0.226 e. The first-order chi connectivity index (χ1) is 10.5. The molecular formula is C16H22N2O4. The molecule has 3 N–H and O–H groups in total. The van der Waals surface area contributed by atoms with Gasteiger partial charge in [-0.2, -0.15) is 0 Å². The van der Waals surface area contributed by atoms with Crippen LogP contribution in [-0.4, -0.2) is 47.6 Å². The number of carbonyl (C=O) groups is 2. The lowest BCUT2D eigenvalue weighted by atomic mass is 10.0. The third-order valence-electron chi connectivity index (χ3n) is 4.16. The molecule has 1 fully saturated rings. The van der Waals surface area contributed by atoms with Gasteiger partial charge in [-0.15, -0.1) is 0 Å². The number of hydrogen-bond acceptors (Lipinski definition) is 4. The highest BCUT2D eigenvalue weighted by Crippen LogP contribution is 2.29. The topological polar surface area (TPSA) is 92.9 Å². The van der Waals surface area contributed by atoms with Gasteiger partial charge in [-0.1, -0.05) is 18.2 Å². The standard InChI is InChI=1S/C16H22N2O4/c1-18(13-8-7-12(15(13)20)16(17)21)14(19)9-10-22-11-5-3-2-4-6-11/h2-6,12-13,15,20H,7-10H2,1H3,(H2,17,21)/t12-,13-,15+/m1/s1. The number of rotatable bonds is 6. The van der Waals surface area contributed by atoms with Crippen molar-refractivity contribution in [1.82, 2.24) is 4.90 Å². The summed E-state index contributed by atoms with van der Waals surface area (Å²) >= 11 is 0. The summed E-state index contributed by atoms with van der Waals surface area (Å²) in [5.74, 6) is -0.484. The number of nitrogens with zero attached hydrogens (tertiary/aromatic N) is 1. The number of benzene rings is 1. The van der Waals surface area contributed by atoms with E-state index < -0.39 is 17.9 Å². The number of nitrogens with two attached hydrogens (primary N) is 1. The molecule has 2 amide bonds. The molecule has 1 saturated carbocycles. The lowest BCUT2D eigenvalue weighted by molar-refractivity contribution is -0.136. The van der Waals surface area contributed by atoms with E-state index in [1.807, 2.05) is 30.3 Å². The first-order valence-corrected chi connectivity index (χ1v) is 7.41. The summed E-state index contributed by atoms with van der Waals surface area (Å²) in [5, 5.41) is 10.1. The van der Waals surface area contributed by atoms with E-state index in [1.165, 1.54) is 4.90 Å². The molecule has 1 aliphatic rings. The van der Waals surface area contributed by atoms with Gasteiger partial charge in [0.05, 0.1) is 31.1 Å². The Balaban J connectivity index is 1.81. The van der Waals surface area contributed by atoms with Crippen LogP contribution < -0.4 is 10.5 Å². The van der Waals surface area contributed by atoms with Crippen LogP contribution >= 0.6 is 0 Å². The van der Waals surface area contributed by atoms with Gasteiger partial charge >= 0.3 is 0 Å². The van der Waals surface area contributed by atoms with Crippen molar-refractivity contribution in [2.75, 3.05) is 13.7 Å². The molecule has 0 spiro atoms. The number of aliphatic hydroxyl groups excluding tert-OH is 1. The second-order valence-electron chi connectivity index (χ2n) is 5.56. The normalized spacial score (nSPS) is 24.0.